The van der Waals surface area contributed by atoms with Crippen LogP contribution in [0.1, 0.15) is 46.5 Å². The van der Waals surface area contributed by atoms with Gasteiger partial charge in [0.1, 0.15) is 6.17 Å². The highest BCUT2D eigenvalue weighted by molar-refractivity contribution is 4.95. The second-order valence-corrected chi connectivity index (χ2v) is 4.01. The second kappa shape index (κ2) is 3.12. The topological polar surface area (TPSA) is 0 Å². The van der Waals surface area contributed by atoms with Gasteiger partial charge in [-0.1, -0.05) is 26.7 Å². The minimum absolute atomic E-state index is 0.0642. The monoisotopic (exact) mass is 158 g/mol. The Morgan fingerprint density at radius 3 is 2.00 bits per heavy atom. The number of hydrogen-bond donors (Lipinski definition) is 0. The van der Waals surface area contributed by atoms with Gasteiger partial charge in [-0.25, -0.2) is 4.39 Å². The maximum absolute atomic E-state index is 13.2. The summed E-state index contributed by atoms with van der Waals surface area (Å²) in [5.74, 6) is 0.566. The number of rotatable bonds is 3. The zero-order valence-electron chi connectivity index (χ0n) is 7.86. The molecule has 0 amide bonds. The molecule has 0 heterocycles. The van der Waals surface area contributed by atoms with Crippen LogP contribution in [0, 0.1) is 11.3 Å². The van der Waals surface area contributed by atoms with Crippen molar-refractivity contribution in [1.82, 2.24) is 0 Å². The van der Waals surface area contributed by atoms with Gasteiger partial charge in [-0.05, 0) is 25.7 Å². The van der Waals surface area contributed by atoms with E-state index in [2.05, 4.69) is 13.8 Å². The van der Waals surface area contributed by atoms with E-state index in [0.717, 1.165) is 19.3 Å². The third kappa shape index (κ3) is 1.30. The first-order valence-electron chi connectivity index (χ1n) is 4.77. The van der Waals surface area contributed by atoms with Gasteiger partial charge in [0.2, 0.25) is 0 Å². The smallest absolute Gasteiger partial charge is 0.103 e. The summed E-state index contributed by atoms with van der Waals surface area (Å²) in [6.45, 7) is 6.08. The Morgan fingerprint density at radius 1 is 1.36 bits per heavy atom. The van der Waals surface area contributed by atoms with Crippen molar-refractivity contribution in [3.8, 4) is 0 Å². The fourth-order valence-electron chi connectivity index (χ4n) is 2.27. The van der Waals surface area contributed by atoms with E-state index in [-0.39, 0.29) is 5.41 Å². The molecule has 1 fully saturated rings. The summed E-state index contributed by atoms with van der Waals surface area (Å²) in [6, 6.07) is 0. The van der Waals surface area contributed by atoms with Crippen LogP contribution in [0.4, 0.5) is 4.39 Å². The molecule has 0 aromatic carbocycles. The van der Waals surface area contributed by atoms with Crippen molar-refractivity contribution >= 4 is 0 Å². The summed E-state index contributed by atoms with van der Waals surface area (Å²) in [5.41, 5.74) is 0.0642. The van der Waals surface area contributed by atoms with Crippen LogP contribution >= 0.6 is 0 Å². The van der Waals surface area contributed by atoms with Gasteiger partial charge in [0.15, 0.2) is 0 Å². The quantitative estimate of drug-likeness (QED) is 0.589. The molecule has 0 saturated heterocycles. The highest BCUT2D eigenvalue weighted by Crippen LogP contribution is 2.51. The van der Waals surface area contributed by atoms with Gasteiger partial charge in [-0.15, -0.1) is 0 Å². The number of hydrogen-bond acceptors (Lipinski definition) is 0. The van der Waals surface area contributed by atoms with E-state index in [1.54, 1.807) is 6.92 Å². The summed E-state index contributed by atoms with van der Waals surface area (Å²) >= 11 is 0. The Labute approximate surface area is 69.2 Å². The van der Waals surface area contributed by atoms with Crippen LogP contribution in [0.3, 0.4) is 0 Å². The standard InChI is InChI=1S/C10H19F/c1-4-8(2)10(9(3)11)6-5-7-10/h8-9H,4-7H2,1-3H3. The maximum atomic E-state index is 13.2. The molecule has 66 valence electrons. The van der Waals surface area contributed by atoms with E-state index in [0.29, 0.717) is 5.92 Å². The molecule has 0 aromatic rings. The molecule has 2 unspecified atom stereocenters. The summed E-state index contributed by atoms with van der Waals surface area (Å²) in [5, 5.41) is 0. The Bertz CT molecular complexity index is 125. The van der Waals surface area contributed by atoms with Gasteiger partial charge in [0, 0.05) is 5.41 Å². The zero-order chi connectivity index (χ0) is 8.48. The lowest BCUT2D eigenvalue weighted by Crippen LogP contribution is -2.42. The van der Waals surface area contributed by atoms with Crippen LogP contribution in [0.25, 0.3) is 0 Å². The molecule has 2 atom stereocenters. The van der Waals surface area contributed by atoms with Crippen molar-refractivity contribution in [3.05, 3.63) is 0 Å². The number of halogens is 1. The molecule has 0 N–H and O–H groups in total. The highest BCUT2D eigenvalue weighted by atomic mass is 19.1. The molecule has 11 heavy (non-hydrogen) atoms. The van der Waals surface area contributed by atoms with Crippen LogP contribution < -0.4 is 0 Å². The molecular formula is C10H19F. The minimum Gasteiger partial charge on any atom is -0.247 e. The minimum atomic E-state index is -0.605. The van der Waals surface area contributed by atoms with E-state index in [1.807, 2.05) is 0 Å². The molecule has 1 heteroatoms. The summed E-state index contributed by atoms with van der Waals surface area (Å²) in [6.07, 6.45) is 3.97. The predicted molar refractivity (Wildman–Crippen MR) is 46.3 cm³/mol. The second-order valence-electron chi connectivity index (χ2n) is 4.01. The Hall–Kier alpha value is -0.0700. The average molecular weight is 158 g/mol. The maximum Gasteiger partial charge on any atom is 0.103 e. The Balaban J connectivity index is 2.59. The van der Waals surface area contributed by atoms with Crippen LogP contribution in [0.5, 0.6) is 0 Å². The van der Waals surface area contributed by atoms with E-state index < -0.39 is 6.17 Å². The van der Waals surface area contributed by atoms with Crippen molar-refractivity contribution < 1.29 is 4.39 Å². The van der Waals surface area contributed by atoms with Crippen molar-refractivity contribution in [2.45, 2.75) is 52.6 Å². The van der Waals surface area contributed by atoms with Gasteiger partial charge in [0.25, 0.3) is 0 Å². The number of alkyl halides is 1. The van der Waals surface area contributed by atoms with Gasteiger partial charge < -0.3 is 0 Å². The summed E-state index contributed by atoms with van der Waals surface area (Å²) in [7, 11) is 0. The van der Waals surface area contributed by atoms with Gasteiger partial charge in [0.05, 0.1) is 0 Å². The molecule has 1 rings (SSSR count). The van der Waals surface area contributed by atoms with Gasteiger partial charge in [-0.3, -0.25) is 0 Å². The molecule has 1 aliphatic rings. The Kier molecular flexibility index (Phi) is 2.56. The first-order valence-corrected chi connectivity index (χ1v) is 4.77. The zero-order valence-corrected chi connectivity index (χ0v) is 7.86. The molecule has 1 saturated carbocycles. The molecule has 0 radical (unpaired) electrons. The largest absolute Gasteiger partial charge is 0.247 e. The van der Waals surface area contributed by atoms with Gasteiger partial charge >= 0.3 is 0 Å². The molecule has 0 bridgehead atoms. The predicted octanol–water partition coefficient (Wildman–Crippen LogP) is 3.56. The molecule has 0 nitrogen and oxygen atoms in total. The Morgan fingerprint density at radius 2 is 1.91 bits per heavy atom. The molecule has 1 aliphatic carbocycles. The fraction of sp³-hybridized carbons (Fsp3) is 1.00. The van der Waals surface area contributed by atoms with E-state index in [9.17, 15) is 4.39 Å². The van der Waals surface area contributed by atoms with Crippen molar-refractivity contribution in [2.75, 3.05) is 0 Å². The first kappa shape index (κ1) is 9.02. The fourth-order valence-corrected chi connectivity index (χ4v) is 2.27. The van der Waals surface area contributed by atoms with E-state index in [1.165, 1.54) is 6.42 Å². The average Bonchev–Trinajstić information content (AvgIpc) is 1.84. The van der Waals surface area contributed by atoms with Crippen LogP contribution in [-0.2, 0) is 0 Å². The molecule has 0 aromatic heterocycles. The van der Waals surface area contributed by atoms with Crippen molar-refractivity contribution in [1.29, 1.82) is 0 Å². The van der Waals surface area contributed by atoms with Crippen LogP contribution in [0.2, 0.25) is 0 Å². The van der Waals surface area contributed by atoms with Crippen molar-refractivity contribution in [2.24, 2.45) is 11.3 Å². The summed E-state index contributed by atoms with van der Waals surface area (Å²) in [4.78, 5) is 0. The lowest BCUT2D eigenvalue weighted by molar-refractivity contribution is -0.0229. The summed E-state index contributed by atoms with van der Waals surface area (Å²) < 4.78 is 13.2. The van der Waals surface area contributed by atoms with Crippen molar-refractivity contribution in [3.63, 3.8) is 0 Å². The SMILES string of the molecule is CCC(C)C1(C(C)F)CCC1. The van der Waals surface area contributed by atoms with Crippen LogP contribution in [-0.4, -0.2) is 6.17 Å². The third-order valence-electron chi connectivity index (χ3n) is 3.67. The van der Waals surface area contributed by atoms with E-state index in [4.69, 9.17) is 0 Å². The highest BCUT2D eigenvalue weighted by Gasteiger charge is 2.45. The molecule has 0 aliphatic heterocycles. The molecule has 0 spiro atoms. The third-order valence-corrected chi connectivity index (χ3v) is 3.67. The normalized spacial score (nSPS) is 27.3. The first-order chi connectivity index (χ1) is 5.13. The lowest BCUT2D eigenvalue weighted by Gasteiger charge is -2.47. The lowest BCUT2D eigenvalue weighted by atomic mass is 9.58. The van der Waals surface area contributed by atoms with Crippen LogP contribution in [0.15, 0.2) is 0 Å². The van der Waals surface area contributed by atoms with Gasteiger partial charge in [-0.2, -0.15) is 0 Å². The molecular weight excluding hydrogens is 139 g/mol. The van der Waals surface area contributed by atoms with E-state index >= 15 is 0 Å².